The summed E-state index contributed by atoms with van der Waals surface area (Å²) in [7, 11) is -3.11. The van der Waals surface area contributed by atoms with Crippen LogP contribution in [0.5, 0.6) is 0 Å². The summed E-state index contributed by atoms with van der Waals surface area (Å²) in [6.45, 7) is 4.57. The molecule has 1 aromatic rings. The minimum Gasteiger partial charge on any atom is -0.385 e. The minimum atomic E-state index is -3.11. The second-order valence-electron chi connectivity index (χ2n) is 6.28. The average Bonchev–Trinajstić information content (AvgIpc) is 3.08. The van der Waals surface area contributed by atoms with Crippen LogP contribution in [0.1, 0.15) is 37.3 Å². The zero-order valence-electron chi connectivity index (χ0n) is 13.8. The smallest absolute Gasteiger partial charge is 0.214 e. The minimum absolute atomic E-state index is 0.168. The van der Waals surface area contributed by atoms with Crippen molar-refractivity contribution in [3.8, 4) is 0 Å². The Bertz CT molecular complexity index is 639. The van der Waals surface area contributed by atoms with Gasteiger partial charge in [-0.15, -0.1) is 0 Å². The molecular formula is C17H26N2O3S. The first-order valence-corrected chi connectivity index (χ1v) is 10.1. The van der Waals surface area contributed by atoms with E-state index >= 15 is 0 Å². The highest BCUT2D eigenvalue weighted by molar-refractivity contribution is 7.89. The molecule has 6 heteroatoms. The molecule has 0 bridgehead atoms. The molecule has 1 N–H and O–H groups in total. The lowest BCUT2D eigenvalue weighted by Crippen LogP contribution is -2.37. The van der Waals surface area contributed by atoms with Crippen molar-refractivity contribution in [1.82, 2.24) is 4.31 Å². The SMILES string of the molecule is CCS(=O)(=O)N1CCc2c(cccc2NCCC2CCCO2)C1. The van der Waals surface area contributed by atoms with Crippen LogP contribution in [0, 0.1) is 0 Å². The number of hydrogen-bond acceptors (Lipinski definition) is 4. The summed E-state index contributed by atoms with van der Waals surface area (Å²) in [5.74, 6) is 0.168. The highest BCUT2D eigenvalue weighted by atomic mass is 32.2. The molecule has 1 atom stereocenters. The van der Waals surface area contributed by atoms with Gasteiger partial charge in [-0.1, -0.05) is 12.1 Å². The first-order valence-electron chi connectivity index (χ1n) is 8.54. The molecule has 2 aliphatic heterocycles. The number of benzene rings is 1. The molecule has 128 valence electrons. The molecule has 0 radical (unpaired) electrons. The number of fused-ring (bicyclic) bond motifs is 1. The van der Waals surface area contributed by atoms with Crippen molar-refractivity contribution in [3.63, 3.8) is 0 Å². The van der Waals surface area contributed by atoms with Gasteiger partial charge >= 0.3 is 0 Å². The maximum absolute atomic E-state index is 12.1. The zero-order valence-corrected chi connectivity index (χ0v) is 14.6. The van der Waals surface area contributed by atoms with Gasteiger partial charge < -0.3 is 10.1 Å². The van der Waals surface area contributed by atoms with Crippen molar-refractivity contribution in [2.24, 2.45) is 0 Å². The van der Waals surface area contributed by atoms with Crippen LogP contribution in [0.2, 0.25) is 0 Å². The Balaban J connectivity index is 1.64. The van der Waals surface area contributed by atoms with E-state index in [0.29, 0.717) is 19.2 Å². The molecule has 1 saturated heterocycles. The fourth-order valence-electron chi connectivity index (χ4n) is 3.41. The highest BCUT2D eigenvalue weighted by Gasteiger charge is 2.26. The van der Waals surface area contributed by atoms with Gasteiger partial charge in [-0.3, -0.25) is 0 Å². The van der Waals surface area contributed by atoms with Crippen molar-refractivity contribution in [3.05, 3.63) is 29.3 Å². The number of sulfonamides is 1. The Kier molecular flexibility index (Phi) is 5.24. The zero-order chi connectivity index (χ0) is 16.3. The number of nitrogens with one attached hydrogen (secondary N) is 1. The van der Waals surface area contributed by atoms with Gasteiger partial charge in [0.1, 0.15) is 0 Å². The van der Waals surface area contributed by atoms with E-state index in [1.165, 1.54) is 18.4 Å². The van der Waals surface area contributed by atoms with Crippen LogP contribution < -0.4 is 5.32 Å². The van der Waals surface area contributed by atoms with E-state index in [4.69, 9.17) is 4.74 Å². The molecule has 23 heavy (non-hydrogen) atoms. The molecule has 2 heterocycles. The van der Waals surface area contributed by atoms with Crippen molar-refractivity contribution in [2.45, 2.75) is 45.3 Å². The van der Waals surface area contributed by atoms with E-state index in [2.05, 4.69) is 11.4 Å². The maximum Gasteiger partial charge on any atom is 0.214 e. The van der Waals surface area contributed by atoms with Crippen LogP contribution in [0.4, 0.5) is 5.69 Å². The van der Waals surface area contributed by atoms with E-state index in [9.17, 15) is 8.42 Å². The van der Waals surface area contributed by atoms with Crippen molar-refractivity contribution >= 4 is 15.7 Å². The first kappa shape index (κ1) is 16.7. The molecule has 0 amide bonds. The van der Waals surface area contributed by atoms with Gasteiger partial charge in [-0.25, -0.2) is 8.42 Å². The van der Waals surface area contributed by atoms with Crippen LogP contribution in [0.25, 0.3) is 0 Å². The standard InChI is InChI=1S/C17H26N2O3S/c1-2-23(20,21)19-11-9-16-14(13-19)5-3-7-17(16)18-10-8-15-6-4-12-22-15/h3,5,7,15,18H,2,4,6,8-13H2,1H3. The molecule has 0 saturated carbocycles. The van der Waals surface area contributed by atoms with Crippen LogP contribution >= 0.6 is 0 Å². The third-order valence-corrected chi connectivity index (χ3v) is 6.62. The highest BCUT2D eigenvalue weighted by Crippen LogP contribution is 2.28. The molecule has 1 aromatic carbocycles. The van der Waals surface area contributed by atoms with Gasteiger partial charge in [0.15, 0.2) is 0 Å². The summed E-state index contributed by atoms with van der Waals surface area (Å²) in [5.41, 5.74) is 3.53. The van der Waals surface area contributed by atoms with Gasteiger partial charge in [0, 0.05) is 31.9 Å². The van der Waals surface area contributed by atoms with E-state index in [1.807, 2.05) is 12.1 Å². The number of ether oxygens (including phenoxy) is 1. The number of rotatable bonds is 6. The fraction of sp³-hybridized carbons (Fsp3) is 0.647. The number of hydrogen-bond donors (Lipinski definition) is 1. The fourth-order valence-corrected chi connectivity index (χ4v) is 4.48. The lowest BCUT2D eigenvalue weighted by Gasteiger charge is -2.29. The van der Waals surface area contributed by atoms with Crippen LogP contribution in [-0.4, -0.2) is 44.3 Å². The van der Waals surface area contributed by atoms with E-state index in [0.717, 1.165) is 37.2 Å². The van der Waals surface area contributed by atoms with Gasteiger partial charge in [0.05, 0.1) is 11.9 Å². The summed E-state index contributed by atoms with van der Waals surface area (Å²) in [6.07, 6.45) is 4.54. The second kappa shape index (κ2) is 7.20. The monoisotopic (exact) mass is 338 g/mol. The summed E-state index contributed by atoms with van der Waals surface area (Å²) in [6, 6.07) is 6.14. The topological polar surface area (TPSA) is 58.6 Å². The average molecular weight is 338 g/mol. The second-order valence-corrected chi connectivity index (χ2v) is 8.54. The third-order valence-electron chi connectivity index (χ3n) is 4.79. The predicted molar refractivity (Wildman–Crippen MR) is 92.1 cm³/mol. The molecule has 3 rings (SSSR count). The van der Waals surface area contributed by atoms with Gasteiger partial charge in [0.25, 0.3) is 0 Å². The lowest BCUT2D eigenvalue weighted by atomic mass is 9.99. The molecule has 2 aliphatic rings. The predicted octanol–water partition coefficient (Wildman–Crippen LogP) is 2.38. The quantitative estimate of drug-likeness (QED) is 0.865. The maximum atomic E-state index is 12.1. The van der Waals surface area contributed by atoms with Crippen LogP contribution in [-0.2, 0) is 27.7 Å². The Morgan fingerprint density at radius 2 is 2.26 bits per heavy atom. The van der Waals surface area contributed by atoms with Gasteiger partial charge in [-0.05, 0) is 49.8 Å². The third kappa shape index (κ3) is 3.87. The number of nitrogens with zero attached hydrogens (tertiary/aromatic N) is 1. The van der Waals surface area contributed by atoms with E-state index < -0.39 is 10.0 Å². The first-order chi connectivity index (χ1) is 11.1. The van der Waals surface area contributed by atoms with E-state index in [-0.39, 0.29) is 5.75 Å². The Labute approximate surface area is 139 Å². The normalized spacial score (nSPS) is 22.0. The summed E-state index contributed by atoms with van der Waals surface area (Å²) in [5, 5.41) is 3.52. The molecular weight excluding hydrogens is 312 g/mol. The molecule has 0 aromatic heterocycles. The molecule has 0 spiro atoms. The largest absolute Gasteiger partial charge is 0.385 e. The Hall–Kier alpha value is -1.11. The van der Waals surface area contributed by atoms with Gasteiger partial charge in [0.2, 0.25) is 10.0 Å². The van der Waals surface area contributed by atoms with Crippen molar-refractivity contribution in [2.75, 3.05) is 30.8 Å². The molecule has 1 unspecified atom stereocenters. The van der Waals surface area contributed by atoms with E-state index in [1.54, 1.807) is 11.2 Å². The summed E-state index contributed by atoms with van der Waals surface area (Å²) < 4.78 is 31.4. The number of anilines is 1. The molecule has 5 nitrogen and oxygen atoms in total. The van der Waals surface area contributed by atoms with Crippen LogP contribution in [0.3, 0.4) is 0 Å². The van der Waals surface area contributed by atoms with Crippen LogP contribution in [0.15, 0.2) is 18.2 Å². The van der Waals surface area contributed by atoms with Crippen molar-refractivity contribution < 1.29 is 13.2 Å². The Morgan fingerprint density at radius 1 is 1.39 bits per heavy atom. The lowest BCUT2D eigenvalue weighted by molar-refractivity contribution is 0.107. The molecule has 0 aliphatic carbocycles. The molecule has 1 fully saturated rings. The Morgan fingerprint density at radius 3 is 3.00 bits per heavy atom. The summed E-state index contributed by atoms with van der Waals surface area (Å²) in [4.78, 5) is 0. The van der Waals surface area contributed by atoms with Crippen molar-refractivity contribution in [1.29, 1.82) is 0 Å². The summed E-state index contributed by atoms with van der Waals surface area (Å²) >= 11 is 0. The van der Waals surface area contributed by atoms with Gasteiger partial charge in [-0.2, -0.15) is 4.31 Å².